The molecule has 0 radical (unpaired) electrons. The summed E-state index contributed by atoms with van der Waals surface area (Å²) in [7, 11) is 0. The molecule has 4 aromatic rings. The lowest BCUT2D eigenvalue weighted by Gasteiger charge is -2.40. The summed E-state index contributed by atoms with van der Waals surface area (Å²) in [5.74, 6) is -0.742. The normalized spacial score (nSPS) is 16.6. The molecule has 2 aliphatic rings. The van der Waals surface area contributed by atoms with E-state index in [9.17, 15) is 27.2 Å². The Kier molecular flexibility index (Phi) is 8.88. The number of aryl methyl sites for hydroxylation is 2. The standard InChI is InChI=1S/C34H37F4N7O4/c1-6-45-17-26(30(42-45)34(36,37)38)24-11-20(14-43-10-9-39-19(43)2)12-25-28(46)21(18-48-29(24)25)13-22-7-8-27(35)31(40-22)44-15-23(16-44)41-32(47)49-33(3,4)5/h7-12,17,21,23H,6,13-16,18H2,1-5H3,(H,41,47)/t21-/m1/s1. The highest BCUT2D eigenvalue weighted by atomic mass is 19.4. The molecule has 15 heteroatoms. The van der Waals surface area contributed by atoms with Gasteiger partial charge in [0.15, 0.2) is 23.1 Å². The smallest absolute Gasteiger partial charge is 0.435 e. The van der Waals surface area contributed by atoms with Crippen molar-refractivity contribution in [2.24, 2.45) is 5.92 Å². The number of hydrogen-bond acceptors (Lipinski definition) is 8. The third-order valence-corrected chi connectivity index (χ3v) is 8.38. The Hall–Kier alpha value is -4.95. The van der Waals surface area contributed by atoms with Crippen LogP contribution in [0.25, 0.3) is 11.1 Å². The van der Waals surface area contributed by atoms with Gasteiger partial charge in [0.1, 0.15) is 17.2 Å². The van der Waals surface area contributed by atoms with Gasteiger partial charge in [0, 0.05) is 68.0 Å². The van der Waals surface area contributed by atoms with E-state index in [2.05, 4.69) is 20.4 Å². The predicted molar refractivity (Wildman–Crippen MR) is 171 cm³/mol. The number of alkyl halides is 3. The van der Waals surface area contributed by atoms with Gasteiger partial charge in [-0.25, -0.2) is 19.2 Å². The topological polar surface area (TPSA) is 116 Å². The van der Waals surface area contributed by atoms with Gasteiger partial charge in [-0.15, -0.1) is 0 Å². The Labute approximate surface area is 280 Å². The summed E-state index contributed by atoms with van der Waals surface area (Å²) in [6.07, 6.45) is -0.505. The lowest BCUT2D eigenvalue weighted by atomic mass is 9.87. The van der Waals surface area contributed by atoms with E-state index in [0.717, 1.165) is 0 Å². The molecule has 1 fully saturated rings. The predicted octanol–water partition coefficient (Wildman–Crippen LogP) is 5.82. The molecule has 1 amide bonds. The van der Waals surface area contributed by atoms with E-state index in [1.165, 1.54) is 23.0 Å². The van der Waals surface area contributed by atoms with Gasteiger partial charge in [0.05, 0.1) is 24.1 Å². The fraction of sp³-hybridized carbons (Fsp3) is 0.441. The van der Waals surface area contributed by atoms with E-state index in [4.69, 9.17) is 9.47 Å². The van der Waals surface area contributed by atoms with E-state index in [-0.39, 0.29) is 66.2 Å². The van der Waals surface area contributed by atoms with E-state index in [0.29, 0.717) is 30.2 Å². The van der Waals surface area contributed by atoms with E-state index >= 15 is 0 Å². The molecule has 11 nitrogen and oxygen atoms in total. The molecule has 1 N–H and O–H groups in total. The number of carbonyl (C=O) groups is 2. The van der Waals surface area contributed by atoms with E-state index in [1.54, 1.807) is 64.0 Å². The molecule has 0 unspecified atom stereocenters. The molecule has 0 saturated carbocycles. The molecule has 6 rings (SSSR count). The molecule has 0 spiro atoms. The first-order chi connectivity index (χ1) is 23.1. The van der Waals surface area contributed by atoms with Crippen LogP contribution >= 0.6 is 0 Å². The van der Waals surface area contributed by atoms with Gasteiger partial charge in [-0.1, -0.05) is 0 Å². The first kappa shape index (κ1) is 33.9. The van der Waals surface area contributed by atoms with Gasteiger partial charge in [0.2, 0.25) is 0 Å². The number of ketones is 1. The van der Waals surface area contributed by atoms with Crippen molar-refractivity contribution in [2.75, 3.05) is 24.6 Å². The number of nitrogens with zero attached hydrogens (tertiary/aromatic N) is 6. The van der Waals surface area contributed by atoms with Crippen LogP contribution in [0.3, 0.4) is 0 Å². The first-order valence-electron chi connectivity index (χ1n) is 16.0. The second-order valence-electron chi connectivity index (χ2n) is 13.3. The van der Waals surface area contributed by atoms with Crippen molar-refractivity contribution in [3.05, 3.63) is 77.0 Å². The number of anilines is 1. The van der Waals surface area contributed by atoms with Crippen molar-refractivity contribution in [1.82, 2.24) is 29.6 Å². The van der Waals surface area contributed by atoms with Gasteiger partial charge >= 0.3 is 12.3 Å². The van der Waals surface area contributed by atoms with Crippen LogP contribution < -0.4 is 15.0 Å². The number of alkyl carbamates (subject to hydrolysis) is 1. The Balaban J connectivity index is 1.26. The highest BCUT2D eigenvalue weighted by Crippen LogP contribution is 2.44. The van der Waals surface area contributed by atoms with Crippen LogP contribution in [0.5, 0.6) is 5.75 Å². The maximum atomic E-state index is 14.9. The SMILES string of the molecule is CCn1cc(-c2cc(Cn3ccnc3C)cc3c2OC[C@@H](Cc2ccc(F)c(N4CC(NC(=O)OC(C)(C)C)C4)n2)C3=O)c(C(F)(F)F)n1. The van der Waals surface area contributed by atoms with Crippen LogP contribution in [-0.2, 0) is 30.4 Å². The monoisotopic (exact) mass is 683 g/mol. The molecule has 0 bridgehead atoms. The van der Waals surface area contributed by atoms with E-state index in [1.807, 2.05) is 4.57 Å². The lowest BCUT2D eigenvalue weighted by Crippen LogP contribution is -2.60. The van der Waals surface area contributed by atoms with Crippen LogP contribution in [0.2, 0.25) is 0 Å². The van der Waals surface area contributed by atoms with Crippen LogP contribution in [-0.4, -0.2) is 67.5 Å². The second kappa shape index (κ2) is 12.8. The average molecular weight is 684 g/mol. The van der Waals surface area contributed by atoms with Gasteiger partial charge < -0.3 is 24.3 Å². The Morgan fingerprint density at radius 3 is 2.51 bits per heavy atom. The first-order valence-corrected chi connectivity index (χ1v) is 16.0. The molecular weight excluding hydrogens is 646 g/mol. The molecular formula is C34H37F4N7O4. The Morgan fingerprint density at radius 2 is 1.86 bits per heavy atom. The van der Waals surface area contributed by atoms with E-state index < -0.39 is 35.3 Å². The number of Topliss-reactive ketones (excluding diaryl/α,β-unsaturated/α-hetero) is 1. The summed E-state index contributed by atoms with van der Waals surface area (Å²) >= 11 is 0. The number of hydrogen-bond donors (Lipinski definition) is 1. The lowest BCUT2D eigenvalue weighted by molar-refractivity contribution is -0.141. The van der Waals surface area contributed by atoms with Crippen molar-refractivity contribution < 1.29 is 36.6 Å². The molecule has 49 heavy (non-hydrogen) atoms. The van der Waals surface area contributed by atoms with Gasteiger partial charge in [-0.05, 0) is 64.4 Å². The van der Waals surface area contributed by atoms with Crippen molar-refractivity contribution >= 4 is 17.7 Å². The number of rotatable bonds is 8. The number of ether oxygens (including phenoxy) is 2. The fourth-order valence-corrected chi connectivity index (χ4v) is 5.98. The summed E-state index contributed by atoms with van der Waals surface area (Å²) in [5.41, 5.74) is -0.594. The number of aromatic nitrogens is 5. The number of benzene rings is 1. The summed E-state index contributed by atoms with van der Waals surface area (Å²) in [6.45, 7) is 9.78. The van der Waals surface area contributed by atoms with Crippen molar-refractivity contribution in [3.63, 3.8) is 0 Å². The van der Waals surface area contributed by atoms with Crippen molar-refractivity contribution in [2.45, 2.75) is 71.9 Å². The molecule has 1 saturated heterocycles. The number of carbonyl (C=O) groups excluding carboxylic acids is 2. The fourth-order valence-electron chi connectivity index (χ4n) is 5.98. The van der Waals surface area contributed by atoms with Crippen LogP contribution in [0.1, 0.15) is 60.8 Å². The number of pyridine rings is 1. The Bertz CT molecular complexity index is 1890. The minimum atomic E-state index is -4.74. The highest BCUT2D eigenvalue weighted by molar-refractivity contribution is 6.04. The molecule has 260 valence electrons. The van der Waals surface area contributed by atoms with Gasteiger partial charge in [0.25, 0.3) is 0 Å². The summed E-state index contributed by atoms with van der Waals surface area (Å²) in [4.78, 5) is 36.6. The molecule has 1 aromatic carbocycles. The molecule has 1 atom stereocenters. The summed E-state index contributed by atoms with van der Waals surface area (Å²) < 4.78 is 71.8. The summed E-state index contributed by atoms with van der Waals surface area (Å²) in [6, 6.07) is 5.77. The number of halogens is 4. The minimum absolute atomic E-state index is 0.0605. The third kappa shape index (κ3) is 7.25. The Morgan fingerprint density at radius 1 is 1.12 bits per heavy atom. The zero-order chi connectivity index (χ0) is 35.2. The number of imidazole rings is 1. The second-order valence-corrected chi connectivity index (χ2v) is 13.3. The summed E-state index contributed by atoms with van der Waals surface area (Å²) in [5, 5.41) is 6.53. The third-order valence-electron chi connectivity index (χ3n) is 8.38. The van der Waals surface area contributed by atoms with Crippen LogP contribution in [0.4, 0.5) is 28.2 Å². The molecule has 0 aliphatic carbocycles. The quantitative estimate of drug-likeness (QED) is 0.231. The van der Waals surface area contributed by atoms with Crippen molar-refractivity contribution in [1.29, 1.82) is 0 Å². The molecule has 3 aromatic heterocycles. The van der Waals surface area contributed by atoms with Crippen LogP contribution in [0.15, 0.2) is 42.9 Å². The largest absolute Gasteiger partial charge is 0.491 e. The molecule has 2 aliphatic heterocycles. The van der Waals surface area contributed by atoms with Crippen molar-refractivity contribution in [3.8, 4) is 16.9 Å². The van der Waals surface area contributed by atoms with Crippen LogP contribution in [0, 0.1) is 18.7 Å². The number of amides is 1. The number of fused-ring (bicyclic) bond motifs is 1. The van der Waals surface area contributed by atoms with Gasteiger partial charge in [-0.2, -0.15) is 18.3 Å². The average Bonchev–Trinajstić information content (AvgIpc) is 3.62. The zero-order valence-corrected chi connectivity index (χ0v) is 27.8. The van der Waals surface area contributed by atoms with Gasteiger partial charge in [-0.3, -0.25) is 9.48 Å². The highest BCUT2D eigenvalue weighted by Gasteiger charge is 2.40. The maximum Gasteiger partial charge on any atom is 0.435 e. The minimum Gasteiger partial charge on any atom is -0.491 e. The zero-order valence-electron chi connectivity index (χ0n) is 27.8. The molecule has 5 heterocycles. The number of nitrogens with one attached hydrogen (secondary N) is 1. The maximum absolute atomic E-state index is 14.9.